The van der Waals surface area contributed by atoms with Gasteiger partial charge in [0.25, 0.3) is 0 Å². The van der Waals surface area contributed by atoms with E-state index in [4.69, 9.17) is 27.9 Å². The van der Waals surface area contributed by atoms with Crippen LogP contribution in [0.1, 0.15) is 5.56 Å². The van der Waals surface area contributed by atoms with E-state index in [1.54, 1.807) is 41.2 Å². The summed E-state index contributed by atoms with van der Waals surface area (Å²) in [5, 5.41) is 12.6. The zero-order chi connectivity index (χ0) is 21.1. The summed E-state index contributed by atoms with van der Waals surface area (Å²) in [7, 11) is 1.50. The molecule has 8 heteroatoms. The Morgan fingerprint density at radius 2 is 1.80 bits per heavy atom. The first-order chi connectivity index (χ1) is 14.5. The van der Waals surface area contributed by atoms with Gasteiger partial charge in [-0.15, -0.1) is 10.2 Å². The smallest absolute Gasteiger partial charge is 0.248 e. The number of benzene rings is 3. The number of fused-ring (bicyclic) bond motifs is 1. The molecule has 4 rings (SSSR count). The lowest BCUT2D eigenvalue weighted by Crippen LogP contribution is -2.07. The predicted octanol–water partition coefficient (Wildman–Crippen LogP) is 5.39. The van der Waals surface area contributed by atoms with Gasteiger partial charge in [-0.05, 0) is 48.5 Å². The van der Waals surface area contributed by atoms with Crippen LogP contribution < -0.4 is 10.1 Å². The Labute approximate surface area is 182 Å². The molecule has 0 unspecified atom stereocenters. The standard InChI is InChI=1S/C22H16Cl2N4O2/c1-30-22-14(11-15(23)12-18(22)24)7-10-21(29)25-16-8-9-19-20(13-16)27-28(26-19)17-5-3-2-4-6-17/h2-13H,1H3,(H,25,29)/b10-7+. The first-order valence-electron chi connectivity index (χ1n) is 8.98. The van der Waals surface area contributed by atoms with Crippen molar-refractivity contribution >= 4 is 51.9 Å². The van der Waals surface area contributed by atoms with Crippen LogP contribution in [0.5, 0.6) is 5.75 Å². The number of para-hydroxylation sites is 1. The van der Waals surface area contributed by atoms with Crippen molar-refractivity contribution in [1.29, 1.82) is 0 Å². The number of carbonyl (C=O) groups excluding carboxylic acids is 1. The zero-order valence-electron chi connectivity index (χ0n) is 15.8. The summed E-state index contributed by atoms with van der Waals surface area (Å²) >= 11 is 12.2. The van der Waals surface area contributed by atoms with Gasteiger partial charge >= 0.3 is 0 Å². The third-order valence-electron chi connectivity index (χ3n) is 4.29. The number of hydrogen-bond donors (Lipinski definition) is 1. The van der Waals surface area contributed by atoms with Crippen molar-refractivity contribution in [2.75, 3.05) is 12.4 Å². The molecule has 0 aliphatic rings. The number of methoxy groups -OCH3 is 1. The van der Waals surface area contributed by atoms with Gasteiger partial charge in [0.2, 0.25) is 5.91 Å². The largest absolute Gasteiger partial charge is 0.495 e. The van der Waals surface area contributed by atoms with Gasteiger partial charge in [-0.1, -0.05) is 41.4 Å². The molecule has 30 heavy (non-hydrogen) atoms. The molecule has 1 heterocycles. The third kappa shape index (κ3) is 4.30. The van der Waals surface area contributed by atoms with Crippen molar-refractivity contribution in [3.63, 3.8) is 0 Å². The van der Waals surface area contributed by atoms with Gasteiger partial charge in [0.15, 0.2) is 0 Å². The van der Waals surface area contributed by atoms with Crippen LogP contribution in [-0.2, 0) is 4.79 Å². The van der Waals surface area contributed by atoms with Crippen LogP contribution in [0.2, 0.25) is 10.0 Å². The van der Waals surface area contributed by atoms with E-state index in [0.29, 0.717) is 32.6 Å². The molecule has 1 amide bonds. The Balaban J connectivity index is 1.53. The summed E-state index contributed by atoms with van der Waals surface area (Å²) < 4.78 is 5.28. The Kier molecular flexibility index (Phi) is 5.70. The van der Waals surface area contributed by atoms with E-state index in [0.717, 1.165) is 11.2 Å². The molecule has 3 aromatic carbocycles. The lowest BCUT2D eigenvalue weighted by atomic mass is 10.2. The number of hydrogen-bond acceptors (Lipinski definition) is 4. The molecule has 6 nitrogen and oxygen atoms in total. The van der Waals surface area contributed by atoms with Gasteiger partial charge in [0.1, 0.15) is 16.8 Å². The fourth-order valence-corrected chi connectivity index (χ4v) is 3.52. The molecule has 0 bridgehead atoms. The molecule has 4 aromatic rings. The highest BCUT2D eigenvalue weighted by molar-refractivity contribution is 6.36. The fourth-order valence-electron chi connectivity index (χ4n) is 2.94. The second-order valence-corrected chi connectivity index (χ2v) is 7.20. The minimum atomic E-state index is -0.317. The van der Waals surface area contributed by atoms with Crippen molar-refractivity contribution in [3.8, 4) is 11.4 Å². The van der Waals surface area contributed by atoms with Crippen LogP contribution in [-0.4, -0.2) is 28.0 Å². The Bertz CT molecular complexity index is 1250. The highest BCUT2D eigenvalue weighted by Crippen LogP contribution is 2.33. The molecule has 0 spiro atoms. The van der Waals surface area contributed by atoms with Gasteiger partial charge < -0.3 is 10.1 Å². The average molecular weight is 439 g/mol. The normalized spacial score (nSPS) is 11.2. The van der Waals surface area contributed by atoms with E-state index >= 15 is 0 Å². The molecule has 150 valence electrons. The minimum absolute atomic E-state index is 0.317. The number of anilines is 1. The van der Waals surface area contributed by atoms with E-state index in [2.05, 4.69) is 15.5 Å². The topological polar surface area (TPSA) is 69.0 Å². The van der Waals surface area contributed by atoms with Gasteiger partial charge in [0, 0.05) is 22.3 Å². The van der Waals surface area contributed by atoms with Crippen molar-refractivity contribution in [3.05, 3.63) is 82.3 Å². The van der Waals surface area contributed by atoms with Crippen molar-refractivity contribution in [2.24, 2.45) is 0 Å². The molecule has 0 atom stereocenters. The average Bonchev–Trinajstić information content (AvgIpc) is 3.16. The van der Waals surface area contributed by atoms with Crippen LogP contribution >= 0.6 is 23.2 Å². The molecule has 0 saturated carbocycles. The summed E-state index contributed by atoms with van der Waals surface area (Å²) in [4.78, 5) is 13.9. The molecule has 1 N–H and O–H groups in total. The van der Waals surface area contributed by atoms with Crippen molar-refractivity contribution in [1.82, 2.24) is 15.0 Å². The predicted molar refractivity (Wildman–Crippen MR) is 120 cm³/mol. The van der Waals surface area contributed by atoms with Crippen LogP contribution in [0, 0.1) is 0 Å². The van der Waals surface area contributed by atoms with Crippen LogP contribution in [0.3, 0.4) is 0 Å². The first-order valence-corrected chi connectivity index (χ1v) is 9.74. The van der Waals surface area contributed by atoms with Gasteiger partial charge in [0.05, 0.1) is 17.8 Å². The second kappa shape index (κ2) is 8.57. The monoisotopic (exact) mass is 438 g/mol. The molecule has 1 aromatic heterocycles. The highest BCUT2D eigenvalue weighted by Gasteiger charge is 2.09. The molecule has 0 saturated heterocycles. The van der Waals surface area contributed by atoms with E-state index < -0.39 is 0 Å². The van der Waals surface area contributed by atoms with Crippen molar-refractivity contribution < 1.29 is 9.53 Å². The van der Waals surface area contributed by atoms with Gasteiger partial charge in [-0.25, -0.2) is 0 Å². The maximum atomic E-state index is 12.4. The summed E-state index contributed by atoms with van der Waals surface area (Å²) in [5.74, 6) is 0.131. The molecule has 0 aliphatic carbocycles. The third-order valence-corrected chi connectivity index (χ3v) is 4.79. The fraction of sp³-hybridized carbons (Fsp3) is 0.0455. The number of aromatic nitrogens is 3. The van der Waals surface area contributed by atoms with E-state index in [1.807, 2.05) is 30.3 Å². The number of rotatable bonds is 5. The maximum Gasteiger partial charge on any atom is 0.248 e. The first kappa shape index (κ1) is 19.9. The highest BCUT2D eigenvalue weighted by atomic mass is 35.5. The molecule has 0 aliphatic heterocycles. The number of carbonyl (C=O) groups is 1. The van der Waals surface area contributed by atoms with Gasteiger partial charge in [-0.3, -0.25) is 4.79 Å². The van der Waals surface area contributed by atoms with Gasteiger partial charge in [-0.2, -0.15) is 4.80 Å². The second-order valence-electron chi connectivity index (χ2n) is 6.36. The van der Waals surface area contributed by atoms with E-state index in [-0.39, 0.29) is 5.91 Å². The zero-order valence-corrected chi connectivity index (χ0v) is 17.4. The number of nitrogens with zero attached hydrogens (tertiary/aromatic N) is 3. The lowest BCUT2D eigenvalue weighted by molar-refractivity contribution is -0.111. The number of amides is 1. The van der Waals surface area contributed by atoms with E-state index in [1.165, 1.54) is 13.2 Å². The summed E-state index contributed by atoms with van der Waals surface area (Å²) in [6.45, 7) is 0. The number of ether oxygens (including phenoxy) is 1. The maximum absolute atomic E-state index is 12.4. The SMILES string of the molecule is COc1c(Cl)cc(Cl)cc1/C=C/C(=O)Nc1ccc2nn(-c3ccccc3)nc2c1. The lowest BCUT2D eigenvalue weighted by Gasteiger charge is -2.08. The van der Waals surface area contributed by atoms with Crippen LogP contribution in [0.25, 0.3) is 22.8 Å². The Morgan fingerprint density at radius 3 is 2.57 bits per heavy atom. The summed E-state index contributed by atoms with van der Waals surface area (Å²) in [6.07, 6.45) is 2.98. The van der Waals surface area contributed by atoms with Crippen molar-refractivity contribution in [2.45, 2.75) is 0 Å². The minimum Gasteiger partial charge on any atom is -0.495 e. The van der Waals surface area contributed by atoms with Crippen LogP contribution in [0.15, 0.2) is 66.7 Å². The number of halogens is 2. The Hall–Kier alpha value is -3.35. The molecule has 0 fully saturated rings. The molecular weight excluding hydrogens is 423 g/mol. The summed E-state index contributed by atoms with van der Waals surface area (Å²) in [6, 6.07) is 18.2. The summed E-state index contributed by atoms with van der Waals surface area (Å²) in [5.41, 5.74) is 3.46. The Morgan fingerprint density at radius 1 is 1.03 bits per heavy atom. The van der Waals surface area contributed by atoms with Crippen LogP contribution in [0.4, 0.5) is 5.69 Å². The van der Waals surface area contributed by atoms with E-state index in [9.17, 15) is 4.79 Å². The molecule has 0 radical (unpaired) electrons. The molecular formula is C22H16Cl2N4O2. The number of nitrogens with one attached hydrogen (secondary N) is 1. The quantitative estimate of drug-likeness (QED) is 0.424.